The van der Waals surface area contributed by atoms with Crippen LogP contribution in [0.4, 0.5) is 5.69 Å². The van der Waals surface area contributed by atoms with Crippen molar-refractivity contribution >= 4 is 11.6 Å². The van der Waals surface area contributed by atoms with Crippen LogP contribution in [0.1, 0.15) is 16.8 Å². The molecule has 6 rings (SSSR count). The first kappa shape index (κ1) is 24.7. The smallest absolute Gasteiger partial charge is 0.333 e. The maximum Gasteiger partial charge on any atom is 0.333 e. The van der Waals surface area contributed by atoms with Gasteiger partial charge in [0, 0.05) is 25.3 Å². The van der Waals surface area contributed by atoms with Crippen LogP contribution >= 0.6 is 0 Å². The highest BCUT2D eigenvalue weighted by molar-refractivity contribution is 6.14. The van der Waals surface area contributed by atoms with Crippen LogP contribution in [0.2, 0.25) is 0 Å². The number of methoxy groups -OCH3 is 1. The number of hydrogen-bond acceptors (Lipinski definition) is 9. The van der Waals surface area contributed by atoms with Gasteiger partial charge >= 0.3 is 5.69 Å². The molecule has 1 unspecified atom stereocenters. The van der Waals surface area contributed by atoms with Crippen LogP contribution in [0.5, 0.6) is 11.6 Å². The van der Waals surface area contributed by atoms with E-state index in [-0.39, 0.29) is 29.4 Å². The molecular weight excluding hydrogens is 516 g/mol. The van der Waals surface area contributed by atoms with Gasteiger partial charge in [-0.15, -0.1) is 5.10 Å². The zero-order valence-corrected chi connectivity index (χ0v) is 21.7. The molecule has 2 aromatic heterocycles. The molecule has 2 aliphatic heterocycles. The number of para-hydroxylation sites is 1. The van der Waals surface area contributed by atoms with Gasteiger partial charge < -0.3 is 20.1 Å². The summed E-state index contributed by atoms with van der Waals surface area (Å²) in [7, 11) is 4.28. The average Bonchev–Trinajstić information content (AvgIpc) is 3.53. The fraction of sp³-hybridized carbons (Fsp3) is 0.185. The number of benzene rings is 2. The summed E-state index contributed by atoms with van der Waals surface area (Å²) in [6.07, 6.45) is 1.68. The number of fused-ring (bicyclic) bond motifs is 4. The lowest BCUT2D eigenvalue weighted by atomic mass is 9.69. The molecule has 1 amide bonds. The highest BCUT2D eigenvalue weighted by atomic mass is 16.5. The van der Waals surface area contributed by atoms with Crippen molar-refractivity contribution in [2.24, 2.45) is 19.8 Å². The minimum Gasteiger partial charge on any atom is -0.497 e. The van der Waals surface area contributed by atoms with Crippen LogP contribution in [-0.2, 0) is 30.8 Å². The third-order valence-corrected chi connectivity index (χ3v) is 7.29. The summed E-state index contributed by atoms with van der Waals surface area (Å²) >= 11 is 0. The van der Waals surface area contributed by atoms with Crippen molar-refractivity contribution in [3.8, 4) is 23.4 Å². The van der Waals surface area contributed by atoms with Crippen molar-refractivity contribution in [2.75, 3.05) is 12.0 Å². The maximum absolute atomic E-state index is 14.6. The molecule has 0 radical (unpaired) electrons. The Labute approximate surface area is 226 Å². The lowest BCUT2D eigenvalue weighted by molar-refractivity contribution is -0.121. The van der Waals surface area contributed by atoms with E-state index in [0.29, 0.717) is 22.7 Å². The molecular formula is C27H22N8O5. The fourth-order valence-corrected chi connectivity index (χ4v) is 5.36. The SMILES string of the molecule is COc1ccc(-n2cc(CN3C(=O)C4(C(C#N)=C(N)Oc5c4c(=O)n(C)c(=O)n5C)c4ccccc43)nn2)cc1. The molecule has 0 aliphatic carbocycles. The first-order valence-corrected chi connectivity index (χ1v) is 12.1. The van der Waals surface area contributed by atoms with E-state index in [1.54, 1.807) is 54.4 Å². The maximum atomic E-state index is 14.6. The molecule has 2 N–H and O–H groups in total. The van der Waals surface area contributed by atoms with Gasteiger partial charge in [0.2, 0.25) is 17.7 Å². The van der Waals surface area contributed by atoms with Crippen LogP contribution in [0, 0.1) is 11.3 Å². The molecule has 4 heterocycles. The summed E-state index contributed by atoms with van der Waals surface area (Å²) in [4.78, 5) is 42.3. The number of carbonyl (C=O) groups is 1. The van der Waals surface area contributed by atoms with Gasteiger partial charge in [-0.3, -0.25) is 18.7 Å². The zero-order chi connectivity index (χ0) is 28.3. The van der Waals surface area contributed by atoms with Gasteiger partial charge in [-0.25, -0.2) is 9.48 Å². The normalized spacial score (nSPS) is 17.4. The van der Waals surface area contributed by atoms with E-state index in [4.69, 9.17) is 15.2 Å². The van der Waals surface area contributed by atoms with E-state index in [1.807, 2.05) is 18.2 Å². The molecule has 0 saturated heterocycles. The standard InChI is InChI=1S/C27H22N8O5/c1-32-23(36)21-24(33(2)26(32)38)40-22(29)19(12-28)27(21)18-6-4-5-7-20(18)34(25(27)37)13-15-14-35(31-30-15)16-8-10-17(39-3)11-9-16/h4-11,14H,13,29H2,1-3H3. The number of hydrogen-bond donors (Lipinski definition) is 1. The van der Waals surface area contributed by atoms with Crippen molar-refractivity contribution < 1.29 is 14.3 Å². The second kappa shape index (κ2) is 8.70. The van der Waals surface area contributed by atoms with E-state index in [0.717, 1.165) is 14.8 Å². The fourth-order valence-electron chi connectivity index (χ4n) is 5.36. The predicted molar refractivity (Wildman–Crippen MR) is 141 cm³/mol. The van der Waals surface area contributed by atoms with E-state index in [2.05, 4.69) is 10.3 Å². The number of aromatic nitrogens is 5. The Bertz CT molecular complexity index is 1910. The molecule has 40 heavy (non-hydrogen) atoms. The molecule has 2 aromatic carbocycles. The minimum absolute atomic E-state index is 0.0192. The number of carbonyl (C=O) groups excluding carboxylic acids is 1. The first-order valence-electron chi connectivity index (χ1n) is 12.1. The summed E-state index contributed by atoms with van der Waals surface area (Å²) in [6, 6.07) is 16.0. The van der Waals surface area contributed by atoms with Crippen molar-refractivity contribution in [3.05, 3.63) is 104 Å². The van der Waals surface area contributed by atoms with E-state index < -0.39 is 22.6 Å². The monoisotopic (exact) mass is 538 g/mol. The largest absolute Gasteiger partial charge is 0.497 e. The summed E-state index contributed by atoms with van der Waals surface area (Å²) in [5.74, 6) is -0.476. The summed E-state index contributed by atoms with van der Waals surface area (Å²) < 4.78 is 14.4. The van der Waals surface area contributed by atoms with E-state index >= 15 is 0 Å². The zero-order valence-electron chi connectivity index (χ0n) is 21.7. The predicted octanol–water partition coefficient (Wildman–Crippen LogP) is 0.592. The van der Waals surface area contributed by atoms with Crippen molar-refractivity contribution in [1.82, 2.24) is 24.1 Å². The molecule has 0 bridgehead atoms. The molecule has 1 spiro atoms. The van der Waals surface area contributed by atoms with Crippen molar-refractivity contribution in [2.45, 2.75) is 12.0 Å². The molecule has 200 valence electrons. The van der Waals surface area contributed by atoms with Gasteiger partial charge in [-0.2, -0.15) is 5.26 Å². The first-order chi connectivity index (χ1) is 19.2. The summed E-state index contributed by atoms with van der Waals surface area (Å²) in [6.45, 7) is -0.0192. The average molecular weight is 539 g/mol. The number of nitrogens with zero attached hydrogens (tertiary/aromatic N) is 7. The van der Waals surface area contributed by atoms with Gasteiger partial charge in [0.25, 0.3) is 5.56 Å². The number of anilines is 1. The van der Waals surface area contributed by atoms with E-state index in [9.17, 15) is 19.6 Å². The number of nitriles is 1. The number of nitrogens with two attached hydrogens (primary N) is 1. The lowest BCUT2D eigenvalue weighted by Gasteiger charge is -2.34. The Morgan fingerprint density at radius 1 is 1.07 bits per heavy atom. The molecule has 4 aromatic rings. The molecule has 1 atom stereocenters. The minimum atomic E-state index is -1.94. The van der Waals surface area contributed by atoms with Gasteiger partial charge in [0.1, 0.15) is 28.6 Å². The van der Waals surface area contributed by atoms with Gasteiger partial charge in [0.15, 0.2) is 5.41 Å². The molecule has 13 nitrogen and oxygen atoms in total. The third-order valence-electron chi connectivity index (χ3n) is 7.29. The Hall–Kier alpha value is -5.64. The number of rotatable bonds is 4. The highest BCUT2D eigenvalue weighted by Gasteiger charge is 2.61. The van der Waals surface area contributed by atoms with E-state index in [1.165, 1.54) is 19.0 Å². The van der Waals surface area contributed by atoms with Crippen LogP contribution < -0.4 is 31.4 Å². The third kappa shape index (κ3) is 3.16. The number of ether oxygens (including phenoxy) is 2. The second-order valence-corrected chi connectivity index (χ2v) is 9.35. The van der Waals surface area contributed by atoms with Crippen LogP contribution in [-0.4, -0.2) is 37.1 Å². The van der Waals surface area contributed by atoms with Gasteiger partial charge in [-0.1, -0.05) is 23.4 Å². The van der Waals surface area contributed by atoms with Gasteiger partial charge in [0.05, 0.1) is 25.5 Å². The summed E-state index contributed by atoms with van der Waals surface area (Å²) in [5, 5.41) is 18.7. The van der Waals surface area contributed by atoms with Crippen LogP contribution in [0.25, 0.3) is 5.69 Å². The Balaban J connectivity index is 1.53. The van der Waals surface area contributed by atoms with Crippen molar-refractivity contribution in [3.63, 3.8) is 0 Å². The molecule has 13 heteroatoms. The van der Waals surface area contributed by atoms with Crippen LogP contribution in [0.3, 0.4) is 0 Å². The van der Waals surface area contributed by atoms with Crippen molar-refractivity contribution in [1.29, 1.82) is 5.26 Å². The Morgan fingerprint density at radius 3 is 2.50 bits per heavy atom. The molecule has 2 aliphatic rings. The molecule has 0 saturated carbocycles. The highest BCUT2D eigenvalue weighted by Crippen LogP contribution is 2.54. The second-order valence-electron chi connectivity index (χ2n) is 9.35. The lowest BCUT2D eigenvalue weighted by Crippen LogP contribution is -2.52. The van der Waals surface area contributed by atoms with Gasteiger partial charge in [-0.05, 0) is 30.3 Å². The topological polar surface area (TPSA) is 163 Å². The van der Waals surface area contributed by atoms with Crippen LogP contribution in [0.15, 0.2) is 75.8 Å². The quantitative estimate of drug-likeness (QED) is 0.392. The molecule has 0 fully saturated rings. The number of amides is 1. The summed E-state index contributed by atoms with van der Waals surface area (Å²) in [5.41, 5.74) is 4.40. The Kier molecular flexibility index (Phi) is 5.37. The Morgan fingerprint density at radius 2 is 1.80 bits per heavy atom.